The zero-order valence-corrected chi connectivity index (χ0v) is 9.33. The summed E-state index contributed by atoms with van der Waals surface area (Å²) in [5.74, 6) is -4.17. The molecule has 0 fully saturated rings. The summed E-state index contributed by atoms with van der Waals surface area (Å²) in [6, 6.07) is 0. The molecule has 0 aliphatic carbocycles. The zero-order chi connectivity index (χ0) is 12.0. The summed E-state index contributed by atoms with van der Waals surface area (Å²) in [7, 11) is 0. The van der Waals surface area contributed by atoms with Crippen molar-refractivity contribution in [3.05, 3.63) is 12.2 Å². The molecule has 0 aliphatic rings. The van der Waals surface area contributed by atoms with Crippen LogP contribution < -0.4 is 24.0 Å². The summed E-state index contributed by atoms with van der Waals surface area (Å²) in [6.07, 6.45) is -1.53. The predicted molar refractivity (Wildman–Crippen MR) is 44.6 cm³/mol. The fraction of sp³-hybridized carbons (Fsp3) is 0.556. The number of rotatable bonds is 5. The van der Waals surface area contributed by atoms with Crippen molar-refractivity contribution in [2.75, 3.05) is 6.61 Å². The summed E-state index contributed by atoms with van der Waals surface area (Å²) in [5, 5.41) is 10.4. The van der Waals surface area contributed by atoms with Gasteiger partial charge in [-0.3, -0.25) is 4.79 Å². The second-order valence-electron chi connectivity index (χ2n) is 3.02. The van der Waals surface area contributed by atoms with Gasteiger partial charge in [0, 0.05) is 18.0 Å². The molecule has 0 aliphatic heterocycles. The fourth-order valence-electron chi connectivity index (χ4n) is 0.726. The maximum absolute atomic E-state index is 11.5. The third-order valence-corrected chi connectivity index (χ3v) is 1.96. The van der Waals surface area contributed by atoms with Gasteiger partial charge in [0.25, 0.3) is 6.08 Å². The minimum Gasteiger partial charge on any atom is -0.550 e. The number of carbonyl (C=O) groups is 2. The van der Waals surface area contributed by atoms with E-state index >= 15 is 0 Å². The normalized spacial score (nSPS) is 13.0. The minimum atomic E-state index is -1.96. The van der Waals surface area contributed by atoms with Crippen LogP contribution in [-0.4, -0.2) is 18.5 Å². The average Bonchev–Trinajstić information content (AvgIpc) is 2.14. The first kappa shape index (κ1) is 17.5. The number of carboxylic acid groups (broad SMARTS) is 1. The number of carbonyl (C=O) groups excluding carboxylic acids is 2. The van der Waals surface area contributed by atoms with Crippen molar-refractivity contribution >= 4 is 11.9 Å². The van der Waals surface area contributed by atoms with E-state index in [1.807, 2.05) is 0 Å². The van der Waals surface area contributed by atoms with Crippen molar-refractivity contribution in [1.29, 1.82) is 0 Å². The van der Waals surface area contributed by atoms with Gasteiger partial charge >= 0.3 is 24.8 Å². The van der Waals surface area contributed by atoms with Crippen molar-refractivity contribution in [1.82, 2.24) is 0 Å². The first-order valence-electron chi connectivity index (χ1n) is 4.25. The number of aliphatic carboxylic acids is 1. The van der Waals surface area contributed by atoms with Crippen LogP contribution in [0.25, 0.3) is 0 Å². The van der Waals surface area contributed by atoms with Gasteiger partial charge in [-0.2, -0.15) is 8.78 Å². The molecule has 16 heavy (non-hydrogen) atoms. The second kappa shape index (κ2) is 8.31. The molecule has 0 saturated carbocycles. The van der Waals surface area contributed by atoms with Crippen LogP contribution in [-0.2, 0) is 14.3 Å². The van der Waals surface area contributed by atoms with E-state index in [2.05, 4.69) is 4.74 Å². The Morgan fingerprint density at radius 2 is 1.81 bits per heavy atom. The quantitative estimate of drug-likeness (QED) is 0.380. The van der Waals surface area contributed by atoms with Gasteiger partial charge in [-0.1, -0.05) is 13.8 Å². The first-order chi connectivity index (χ1) is 6.86. The molecule has 4 nitrogen and oxygen atoms in total. The van der Waals surface area contributed by atoms with Gasteiger partial charge in [-0.25, -0.2) is 0 Å². The van der Waals surface area contributed by atoms with E-state index in [4.69, 9.17) is 0 Å². The Balaban J connectivity index is 0. The van der Waals surface area contributed by atoms with Crippen molar-refractivity contribution in [3.63, 3.8) is 0 Å². The largest absolute Gasteiger partial charge is 1.00 e. The summed E-state index contributed by atoms with van der Waals surface area (Å²) < 4.78 is 27.5. The van der Waals surface area contributed by atoms with Gasteiger partial charge in [-0.15, -0.1) is 0 Å². The van der Waals surface area contributed by atoms with Gasteiger partial charge < -0.3 is 14.6 Å². The molecule has 0 bridgehead atoms. The number of halogens is 2. The molecule has 0 radical (unpaired) electrons. The van der Waals surface area contributed by atoms with Crippen LogP contribution in [0, 0.1) is 11.8 Å². The molecule has 86 valence electrons. The summed E-state index contributed by atoms with van der Waals surface area (Å²) in [4.78, 5) is 21.5. The van der Waals surface area contributed by atoms with Crippen LogP contribution in [0.1, 0.15) is 13.8 Å². The summed E-state index contributed by atoms with van der Waals surface area (Å²) in [5.41, 5.74) is 0. The third kappa shape index (κ3) is 6.59. The average molecular weight is 228 g/mol. The molecular weight excluding hydrogens is 217 g/mol. The number of ether oxygens (including phenoxy) is 1. The van der Waals surface area contributed by atoms with Crippen molar-refractivity contribution in [2.45, 2.75) is 13.8 Å². The standard InChI is InChI=1S/C9H12F2O4.Li/c1-5(8(12)13)6(2)9(14)15-4-3-7(10)11;/h3,5-6H,4H2,1-2H3,(H,12,13);/q;+1/p-1. The number of hydrogen-bond donors (Lipinski definition) is 0. The molecule has 0 rings (SSSR count). The second-order valence-corrected chi connectivity index (χ2v) is 3.02. The molecule has 0 N–H and O–H groups in total. The van der Waals surface area contributed by atoms with Crippen molar-refractivity contribution in [3.8, 4) is 0 Å². The molecule has 0 aromatic heterocycles. The number of hydrogen-bond acceptors (Lipinski definition) is 4. The predicted octanol–water partition coefficient (Wildman–Crippen LogP) is -2.66. The van der Waals surface area contributed by atoms with E-state index in [1.54, 1.807) is 0 Å². The van der Waals surface area contributed by atoms with Crippen molar-refractivity contribution in [2.24, 2.45) is 11.8 Å². The molecule has 0 aromatic rings. The van der Waals surface area contributed by atoms with Gasteiger partial charge in [0.1, 0.15) is 6.61 Å². The Bertz CT molecular complexity index is 277. The Morgan fingerprint density at radius 1 is 1.31 bits per heavy atom. The van der Waals surface area contributed by atoms with Gasteiger partial charge in [0.05, 0.1) is 5.92 Å². The van der Waals surface area contributed by atoms with Gasteiger partial charge in [0.2, 0.25) is 0 Å². The molecular formula is C9H11F2LiO4. The monoisotopic (exact) mass is 228 g/mol. The Hall–Kier alpha value is -0.863. The molecule has 7 heteroatoms. The van der Waals surface area contributed by atoms with E-state index in [1.165, 1.54) is 13.8 Å². The zero-order valence-electron chi connectivity index (χ0n) is 9.33. The van der Waals surface area contributed by atoms with Crippen molar-refractivity contribution < 1.29 is 47.1 Å². The van der Waals surface area contributed by atoms with Crippen LogP contribution in [0.2, 0.25) is 0 Å². The maximum atomic E-state index is 11.5. The molecule has 0 saturated heterocycles. The topological polar surface area (TPSA) is 66.4 Å². The molecule has 2 unspecified atom stereocenters. The SMILES string of the molecule is CC(C(=O)[O-])C(C)C(=O)OCC=C(F)F.[Li+]. The molecule has 0 aromatic carbocycles. The van der Waals surface area contributed by atoms with E-state index in [9.17, 15) is 23.5 Å². The van der Waals surface area contributed by atoms with E-state index in [-0.39, 0.29) is 18.9 Å². The van der Waals surface area contributed by atoms with Gasteiger partial charge in [-0.05, 0) is 0 Å². The fourth-order valence-corrected chi connectivity index (χ4v) is 0.726. The molecule has 0 amide bonds. The van der Waals surface area contributed by atoms with Crippen LogP contribution >= 0.6 is 0 Å². The van der Waals surface area contributed by atoms with Crippen LogP contribution in [0.15, 0.2) is 12.2 Å². The molecule has 2 atom stereocenters. The van der Waals surface area contributed by atoms with E-state index in [0.717, 1.165) is 0 Å². The van der Waals surface area contributed by atoms with Gasteiger partial charge in [0.15, 0.2) is 0 Å². The smallest absolute Gasteiger partial charge is 0.550 e. The van der Waals surface area contributed by atoms with Crippen LogP contribution in [0.3, 0.4) is 0 Å². The number of carboxylic acids is 1. The first-order valence-corrected chi connectivity index (χ1v) is 4.25. The van der Waals surface area contributed by atoms with Crippen LogP contribution in [0.5, 0.6) is 0 Å². The van der Waals surface area contributed by atoms with E-state index < -0.39 is 36.5 Å². The molecule has 0 heterocycles. The summed E-state index contributed by atoms with van der Waals surface area (Å²) >= 11 is 0. The Morgan fingerprint density at radius 3 is 2.19 bits per heavy atom. The minimum absolute atomic E-state index is 0. The van der Waals surface area contributed by atoms with Crippen LogP contribution in [0.4, 0.5) is 8.78 Å². The Labute approximate surface area is 104 Å². The maximum Gasteiger partial charge on any atom is 1.00 e. The van der Waals surface area contributed by atoms with E-state index in [0.29, 0.717) is 6.08 Å². The summed E-state index contributed by atoms with van der Waals surface area (Å²) in [6.45, 7) is 2.05. The Kier molecular flexibility index (Phi) is 9.10. The third-order valence-electron chi connectivity index (χ3n) is 1.96. The number of esters is 1. The molecule has 0 spiro atoms.